The summed E-state index contributed by atoms with van der Waals surface area (Å²) in [7, 11) is 0. The smallest absolute Gasteiger partial charge is 0.124 e. The second kappa shape index (κ2) is 4.56. The Morgan fingerprint density at radius 3 is 2.71 bits per heavy atom. The van der Waals surface area contributed by atoms with Gasteiger partial charge in [0.1, 0.15) is 5.82 Å². The zero-order valence-electron chi connectivity index (χ0n) is 8.05. The highest BCUT2D eigenvalue weighted by atomic mass is 19.1. The van der Waals surface area contributed by atoms with Crippen molar-refractivity contribution >= 4 is 11.8 Å². The maximum absolute atomic E-state index is 13.1. The maximum atomic E-state index is 13.1. The molecule has 3 N–H and O–H groups in total. The Morgan fingerprint density at radius 2 is 2.21 bits per heavy atom. The molecule has 1 rings (SSSR count). The third-order valence-electron chi connectivity index (χ3n) is 2.03. The number of benzene rings is 1. The standard InChI is InChI=1S/C11H13FN2/c1-2-8-3-9(5-11(12)4-8)10(6-13)7-14/h3-7,13H,2,14H2,1H3/b10-7+,13-6?. The fourth-order valence-electron chi connectivity index (χ4n) is 1.25. The van der Waals surface area contributed by atoms with Crippen LogP contribution in [0.2, 0.25) is 0 Å². The van der Waals surface area contributed by atoms with Gasteiger partial charge in [-0.3, -0.25) is 0 Å². The van der Waals surface area contributed by atoms with E-state index in [1.54, 1.807) is 0 Å². The molecule has 0 heterocycles. The van der Waals surface area contributed by atoms with Gasteiger partial charge in [0.2, 0.25) is 0 Å². The fourth-order valence-corrected chi connectivity index (χ4v) is 1.25. The SMILES string of the molecule is CCc1cc(F)cc(/C(C=N)=C/N)c1. The van der Waals surface area contributed by atoms with Crippen molar-refractivity contribution in [1.29, 1.82) is 5.41 Å². The van der Waals surface area contributed by atoms with Crippen LogP contribution < -0.4 is 5.73 Å². The van der Waals surface area contributed by atoms with E-state index in [1.807, 2.05) is 13.0 Å². The van der Waals surface area contributed by atoms with Crippen molar-refractivity contribution in [2.45, 2.75) is 13.3 Å². The third kappa shape index (κ3) is 2.19. The van der Waals surface area contributed by atoms with E-state index in [9.17, 15) is 4.39 Å². The van der Waals surface area contributed by atoms with Gasteiger partial charge in [-0.2, -0.15) is 0 Å². The Bertz CT molecular complexity index is 370. The number of aryl methyl sites for hydroxylation is 1. The largest absolute Gasteiger partial charge is 0.404 e. The van der Waals surface area contributed by atoms with E-state index in [1.165, 1.54) is 18.3 Å². The van der Waals surface area contributed by atoms with Crippen molar-refractivity contribution in [3.05, 3.63) is 41.3 Å². The number of rotatable bonds is 3. The van der Waals surface area contributed by atoms with E-state index >= 15 is 0 Å². The van der Waals surface area contributed by atoms with E-state index in [2.05, 4.69) is 0 Å². The van der Waals surface area contributed by atoms with Crippen LogP contribution in [0, 0.1) is 11.2 Å². The molecule has 0 aliphatic heterocycles. The second-order valence-electron chi connectivity index (χ2n) is 2.97. The molecule has 2 nitrogen and oxygen atoms in total. The Kier molecular flexibility index (Phi) is 3.40. The van der Waals surface area contributed by atoms with Crippen LogP contribution in [0.3, 0.4) is 0 Å². The molecule has 74 valence electrons. The Balaban J connectivity index is 3.21. The predicted octanol–water partition coefficient (Wildman–Crippen LogP) is 2.34. The summed E-state index contributed by atoms with van der Waals surface area (Å²) in [6.45, 7) is 1.95. The molecule has 1 aromatic rings. The van der Waals surface area contributed by atoms with Crippen molar-refractivity contribution < 1.29 is 4.39 Å². The van der Waals surface area contributed by atoms with Gasteiger partial charge in [-0.15, -0.1) is 0 Å². The summed E-state index contributed by atoms with van der Waals surface area (Å²) < 4.78 is 13.1. The zero-order valence-corrected chi connectivity index (χ0v) is 8.05. The van der Waals surface area contributed by atoms with Crippen LogP contribution in [-0.2, 0) is 6.42 Å². The molecule has 0 atom stereocenters. The maximum Gasteiger partial charge on any atom is 0.124 e. The van der Waals surface area contributed by atoms with E-state index in [-0.39, 0.29) is 5.82 Å². The van der Waals surface area contributed by atoms with Gasteiger partial charge in [0, 0.05) is 18.0 Å². The molecule has 0 aromatic heterocycles. The molecule has 0 fully saturated rings. The first-order valence-electron chi connectivity index (χ1n) is 4.43. The molecule has 0 aliphatic carbocycles. The van der Waals surface area contributed by atoms with Crippen molar-refractivity contribution in [3.8, 4) is 0 Å². The zero-order chi connectivity index (χ0) is 10.6. The number of allylic oxidation sites excluding steroid dienone is 1. The Labute approximate surface area is 82.8 Å². The van der Waals surface area contributed by atoms with Crippen molar-refractivity contribution in [1.82, 2.24) is 0 Å². The molecule has 0 bridgehead atoms. The molecule has 0 unspecified atom stereocenters. The van der Waals surface area contributed by atoms with E-state index in [0.717, 1.165) is 18.2 Å². The van der Waals surface area contributed by atoms with Crippen molar-refractivity contribution in [3.63, 3.8) is 0 Å². The Morgan fingerprint density at radius 1 is 1.50 bits per heavy atom. The lowest BCUT2D eigenvalue weighted by molar-refractivity contribution is 0.625. The van der Waals surface area contributed by atoms with Gasteiger partial charge in [0.25, 0.3) is 0 Å². The summed E-state index contributed by atoms with van der Waals surface area (Å²) in [6, 6.07) is 4.71. The van der Waals surface area contributed by atoms with Crippen LogP contribution in [0.1, 0.15) is 18.1 Å². The number of halogens is 1. The number of hydrogen-bond acceptors (Lipinski definition) is 2. The van der Waals surface area contributed by atoms with Crippen LogP contribution in [-0.4, -0.2) is 6.21 Å². The lowest BCUT2D eigenvalue weighted by Crippen LogP contribution is -1.93. The first kappa shape index (κ1) is 10.4. The fraction of sp³-hybridized carbons (Fsp3) is 0.182. The summed E-state index contributed by atoms with van der Waals surface area (Å²) in [5.74, 6) is -0.291. The normalized spacial score (nSPS) is 11.4. The minimum Gasteiger partial charge on any atom is -0.404 e. The molecule has 14 heavy (non-hydrogen) atoms. The van der Waals surface area contributed by atoms with Gasteiger partial charge in [-0.1, -0.05) is 13.0 Å². The summed E-state index contributed by atoms with van der Waals surface area (Å²) in [5, 5.41) is 7.10. The van der Waals surface area contributed by atoms with E-state index in [0.29, 0.717) is 11.1 Å². The van der Waals surface area contributed by atoms with Gasteiger partial charge in [0.05, 0.1) is 0 Å². The van der Waals surface area contributed by atoms with Gasteiger partial charge in [0.15, 0.2) is 0 Å². The lowest BCUT2D eigenvalue weighted by Gasteiger charge is -2.04. The van der Waals surface area contributed by atoms with Gasteiger partial charge < -0.3 is 11.1 Å². The second-order valence-corrected chi connectivity index (χ2v) is 2.97. The average Bonchev–Trinajstić information content (AvgIpc) is 2.19. The molecule has 0 aliphatic rings. The number of nitrogens with two attached hydrogens (primary N) is 1. The van der Waals surface area contributed by atoms with Gasteiger partial charge >= 0.3 is 0 Å². The molecule has 0 radical (unpaired) electrons. The summed E-state index contributed by atoms with van der Waals surface area (Å²) >= 11 is 0. The summed E-state index contributed by atoms with van der Waals surface area (Å²) in [4.78, 5) is 0. The van der Waals surface area contributed by atoms with Crippen LogP contribution in [0.25, 0.3) is 5.57 Å². The molecule has 3 heteroatoms. The molecule has 0 saturated carbocycles. The van der Waals surface area contributed by atoms with E-state index < -0.39 is 0 Å². The molecule has 0 saturated heterocycles. The first-order valence-corrected chi connectivity index (χ1v) is 4.43. The minimum atomic E-state index is -0.291. The minimum absolute atomic E-state index is 0.291. The molecule has 1 aromatic carbocycles. The monoisotopic (exact) mass is 192 g/mol. The molecule has 0 spiro atoms. The van der Waals surface area contributed by atoms with Crippen LogP contribution in [0.15, 0.2) is 24.4 Å². The molecule has 0 amide bonds. The quantitative estimate of drug-likeness (QED) is 0.709. The highest BCUT2D eigenvalue weighted by molar-refractivity contribution is 6.08. The highest BCUT2D eigenvalue weighted by Gasteiger charge is 2.02. The molecular formula is C11H13FN2. The van der Waals surface area contributed by atoms with Gasteiger partial charge in [-0.25, -0.2) is 4.39 Å². The van der Waals surface area contributed by atoms with Crippen molar-refractivity contribution in [2.75, 3.05) is 0 Å². The average molecular weight is 192 g/mol. The van der Waals surface area contributed by atoms with Crippen LogP contribution in [0.5, 0.6) is 0 Å². The lowest BCUT2D eigenvalue weighted by atomic mass is 10.0. The van der Waals surface area contributed by atoms with E-state index in [4.69, 9.17) is 11.1 Å². The van der Waals surface area contributed by atoms with Gasteiger partial charge in [-0.05, 0) is 29.7 Å². The summed E-state index contributed by atoms with van der Waals surface area (Å²) in [6.07, 6.45) is 3.19. The molecular weight excluding hydrogens is 179 g/mol. The Hall–Kier alpha value is -1.64. The first-order chi connectivity index (χ1) is 6.71. The van der Waals surface area contributed by atoms with Crippen LogP contribution in [0.4, 0.5) is 4.39 Å². The topological polar surface area (TPSA) is 49.9 Å². The summed E-state index contributed by atoms with van der Waals surface area (Å²) in [5.41, 5.74) is 7.40. The highest BCUT2D eigenvalue weighted by Crippen LogP contribution is 2.16. The van der Waals surface area contributed by atoms with Crippen LogP contribution >= 0.6 is 0 Å². The predicted molar refractivity (Wildman–Crippen MR) is 56.7 cm³/mol. The third-order valence-corrected chi connectivity index (χ3v) is 2.03. The number of hydrogen-bond donors (Lipinski definition) is 2. The number of nitrogens with one attached hydrogen (secondary N) is 1. The van der Waals surface area contributed by atoms with Crippen molar-refractivity contribution in [2.24, 2.45) is 5.73 Å².